The lowest BCUT2D eigenvalue weighted by Crippen LogP contribution is -2.12. The number of fused-ring (bicyclic) bond motifs is 9. The van der Waals surface area contributed by atoms with E-state index in [-0.39, 0.29) is 0 Å². The average molecular weight is 728 g/mol. The average Bonchev–Trinajstić information content (AvgIpc) is 3.80. The molecule has 12 rings (SSSR count). The van der Waals surface area contributed by atoms with E-state index in [1.165, 1.54) is 54.5 Å². The zero-order valence-electron chi connectivity index (χ0n) is 30.8. The Bertz CT molecular complexity index is 3540. The van der Waals surface area contributed by atoms with E-state index in [1.807, 2.05) is 18.2 Å². The molecule has 0 aliphatic carbocycles. The third-order valence-corrected chi connectivity index (χ3v) is 11.5. The maximum Gasteiger partial charge on any atom is 0.229 e. The Kier molecular flexibility index (Phi) is 6.89. The number of para-hydroxylation sites is 2. The van der Waals surface area contributed by atoms with Crippen LogP contribution in [0.15, 0.2) is 205 Å². The number of hydrogen-bond acceptors (Lipinski definition) is 3. The Morgan fingerprint density at radius 3 is 1.95 bits per heavy atom. The second kappa shape index (κ2) is 12.4. The quantitative estimate of drug-likeness (QED) is 0.177. The van der Waals surface area contributed by atoms with E-state index < -0.39 is 0 Å². The molecule has 0 amide bonds. The van der Waals surface area contributed by atoms with Crippen LogP contribution in [0.25, 0.3) is 93.0 Å². The molecule has 4 nitrogen and oxygen atoms in total. The molecule has 0 aliphatic rings. The summed E-state index contributed by atoms with van der Waals surface area (Å²) in [5, 5.41) is 11.7. The maximum atomic E-state index is 6.36. The van der Waals surface area contributed by atoms with Crippen LogP contribution in [0.1, 0.15) is 0 Å². The lowest BCUT2D eigenvalue weighted by molar-refractivity contribution is 0.654. The van der Waals surface area contributed by atoms with Crippen molar-refractivity contribution in [3.63, 3.8) is 0 Å². The van der Waals surface area contributed by atoms with Crippen molar-refractivity contribution in [2.75, 3.05) is 4.90 Å². The van der Waals surface area contributed by atoms with E-state index in [9.17, 15) is 0 Å². The summed E-state index contributed by atoms with van der Waals surface area (Å²) in [7, 11) is 0. The lowest BCUT2D eigenvalue weighted by Gasteiger charge is -2.26. The SMILES string of the molecule is c1ccc(-c2cc(N(c3ccc4c(-n5c6ccccc6c6cc7ccccc7cc65)cccc4c3)c3ccc4c(n3)oc3ccccc34)cc3ccccc23)cc1. The van der Waals surface area contributed by atoms with Gasteiger partial charge >= 0.3 is 0 Å². The molecule has 0 spiro atoms. The van der Waals surface area contributed by atoms with E-state index in [0.29, 0.717) is 5.71 Å². The Labute approximate surface area is 328 Å². The predicted octanol–water partition coefficient (Wildman–Crippen LogP) is 14.7. The molecule has 0 saturated heterocycles. The zero-order valence-corrected chi connectivity index (χ0v) is 30.8. The molecule has 12 aromatic rings. The highest BCUT2D eigenvalue weighted by Crippen LogP contribution is 2.43. The molecular weight excluding hydrogens is 695 g/mol. The molecule has 4 heteroatoms. The minimum Gasteiger partial charge on any atom is -0.438 e. The number of nitrogens with zero attached hydrogens (tertiary/aromatic N) is 3. The van der Waals surface area contributed by atoms with Gasteiger partial charge in [-0.1, -0.05) is 133 Å². The smallest absolute Gasteiger partial charge is 0.229 e. The first-order valence-electron chi connectivity index (χ1n) is 19.4. The molecule has 0 bridgehead atoms. The maximum absolute atomic E-state index is 6.36. The molecule has 3 aromatic heterocycles. The van der Waals surface area contributed by atoms with Crippen LogP contribution in [0.3, 0.4) is 0 Å². The van der Waals surface area contributed by atoms with Gasteiger partial charge in [0.15, 0.2) is 0 Å². The van der Waals surface area contributed by atoms with Crippen LogP contribution >= 0.6 is 0 Å². The molecule has 0 unspecified atom stereocenters. The molecule has 266 valence electrons. The van der Waals surface area contributed by atoms with Gasteiger partial charge in [0, 0.05) is 38.3 Å². The van der Waals surface area contributed by atoms with Gasteiger partial charge in [-0.2, -0.15) is 4.98 Å². The highest BCUT2D eigenvalue weighted by Gasteiger charge is 2.21. The van der Waals surface area contributed by atoms with E-state index in [1.54, 1.807) is 0 Å². The number of pyridine rings is 1. The van der Waals surface area contributed by atoms with Crippen molar-refractivity contribution in [1.82, 2.24) is 9.55 Å². The van der Waals surface area contributed by atoms with Crippen molar-refractivity contribution in [1.29, 1.82) is 0 Å². The van der Waals surface area contributed by atoms with Crippen LogP contribution in [0, 0.1) is 0 Å². The topological polar surface area (TPSA) is 34.2 Å². The first kappa shape index (κ1) is 31.6. The summed E-state index contributed by atoms with van der Waals surface area (Å²) in [4.78, 5) is 7.50. The van der Waals surface area contributed by atoms with Crippen molar-refractivity contribution >= 4 is 93.4 Å². The fraction of sp³-hybridized carbons (Fsp3) is 0. The number of benzene rings is 9. The zero-order chi connectivity index (χ0) is 37.5. The van der Waals surface area contributed by atoms with Crippen LogP contribution < -0.4 is 4.90 Å². The molecular formula is C53H33N3O. The number of hydrogen-bond donors (Lipinski definition) is 0. The van der Waals surface area contributed by atoms with Crippen molar-refractivity contribution in [3.05, 3.63) is 200 Å². The van der Waals surface area contributed by atoms with Crippen LogP contribution in [0.4, 0.5) is 17.2 Å². The van der Waals surface area contributed by atoms with E-state index in [0.717, 1.165) is 50.0 Å². The standard InChI is InChI=1S/C53H33N3O/c1-2-13-34(14-3-1)46-33-40(30-37-17-6-7-19-41(37)46)55(52-28-27-45-44-21-9-11-24-51(44)57-53(45)54-52)39-25-26-42-38(29-39)18-12-23-48(42)56-49-22-10-8-20-43(49)47-31-35-15-4-5-16-36(35)32-50(47)56/h1-33H. The third-order valence-electron chi connectivity index (χ3n) is 11.5. The van der Waals surface area contributed by atoms with Crippen LogP contribution in [0.5, 0.6) is 0 Å². The van der Waals surface area contributed by atoms with Crippen molar-refractivity contribution in [2.24, 2.45) is 0 Å². The minimum absolute atomic E-state index is 0.615. The van der Waals surface area contributed by atoms with Gasteiger partial charge in [-0.15, -0.1) is 0 Å². The van der Waals surface area contributed by atoms with Gasteiger partial charge in [0.05, 0.1) is 16.7 Å². The molecule has 0 N–H and O–H groups in total. The number of aromatic nitrogens is 2. The van der Waals surface area contributed by atoms with Crippen LogP contribution in [0.2, 0.25) is 0 Å². The molecule has 0 aliphatic heterocycles. The summed E-state index contributed by atoms with van der Waals surface area (Å²) in [6.45, 7) is 0. The molecule has 0 fully saturated rings. The fourth-order valence-electron chi connectivity index (χ4n) is 8.92. The molecule has 57 heavy (non-hydrogen) atoms. The Hall–Kier alpha value is -7.69. The number of rotatable bonds is 5. The molecule has 9 aromatic carbocycles. The Morgan fingerprint density at radius 1 is 0.404 bits per heavy atom. The van der Waals surface area contributed by atoms with Gasteiger partial charge in [-0.25, -0.2) is 0 Å². The van der Waals surface area contributed by atoms with Crippen molar-refractivity contribution in [3.8, 4) is 16.8 Å². The largest absolute Gasteiger partial charge is 0.438 e. The highest BCUT2D eigenvalue weighted by molar-refractivity contribution is 6.15. The van der Waals surface area contributed by atoms with Crippen molar-refractivity contribution < 1.29 is 4.42 Å². The number of furan rings is 1. The van der Waals surface area contributed by atoms with Gasteiger partial charge in [0.1, 0.15) is 11.4 Å². The summed E-state index contributed by atoms with van der Waals surface area (Å²) in [5.74, 6) is 0.778. The van der Waals surface area contributed by atoms with Crippen LogP contribution in [-0.2, 0) is 0 Å². The summed E-state index contributed by atoms with van der Waals surface area (Å²) < 4.78 is 8.80. The molecule has 3 heterocycles. The first-order valence-corrected chi connectivity index (χ1v) is 19.4. The minimum atomic E-state index is 0.615. The Morgan fingerprint density at radius 2 is 1.07 bits per heavy atom. The third kappa shape index (κ3) is 4.98. The predicted molar refractivity (Wildman–Crippen MR) is 238 cm³/mol. The van der Waals surface area contributed by atoms with Gasteiger partial charge in [0.25, 0.3) is 0 Å². The van der Waals surface area contributed by atoms with Crippen molar-refractivity contribution in [2.45, 2.75) is 0 Å². The monoisotopic (exact) mass is 727 g/mol. The number of anilines is 3. The van der Waals surface area contributed by atoms with Gasteiger partial charge < -0.3 is 8.98 Å². The summed E-state index contributed by atoms with van der Waals surface area (Å²) >= 11 is 0. The van der Waals surface area contributed by atoms with E-state index >= 15 is 0 Å². The van der Waals surface area contributed by atoms with E-state index in [2.05, 4.69) is 191 Å². The first-order chi connectivity index (χ1) is 28.2. The molecule has 0 radical (unpaired) electrons. The summed E-state index contributed by atoms with van der Waals surface area (Å²) in [5.41, 5.74) is 9.33. The highest BCUT2D eigenvalue weighted by atomic mass is 16.3. The second-order valence-electron chi connectivity index (χ2n) is 14.8. The normalized spacial score (nSPS) is 11.9. The van der Waals surface area contributed by atoms with Gasteiger partial charge in [0.2, 0.25) is 5.71 Å². The Balaban J connectivity index is 1.10. The second-order valence-corrected chi connectivity index (χ2v) is 14.8. The molecule has 0 atom stereocenters. The van der Waals surface area contributed by atoms with Crippen LogP contribution in [-0.4, -0.2) is 9.55 Å². The summed E-state index contributed by atoms with van der Waals surface area (Å²) in [6, 6.07) is 71.7. The lowest BCUT2D eigenvalue weighted by atomic mass is 9.96. The summed E-state index contributed by atoms with van der Waals surface area (Å²) in [6.07, 6.45) is 0. The molecule has 0 saturated carbocycles. The van der Waals surface area contributed by atoms with Gasteiger partial charge in [-0.05, 0) is 105 Å². The van der Waals surface area contributed by atoms with E-state index in [4.69, 9.17) is 9.40 Å². The van der Waals surface area contributed by atoms with Gasteiger partial charge in [-0.3, -0.25) is 4.90 Å². The fourth-order valence-corrected chi connectivity index (χ4v) is 8.92.